The predicted octanol–water partition coefficient (Wildman–Crippen LogP) is 5.11. The van der Waals surface area contributed by atoms with Crippen LogP contribution < -0.4 is 15.8 Å². The summed E-state index contributed by atoms with van der Waals surface area (Å²) in [5.74, 6) is -0.724. The van der Waals surface area contributed by atoms with Gasteiger partial charge < -0.3 is 20.9 Å². The van der Waals surface area contributed by atoms with Gasteiger partial charge in [0.2, 0.25) is 5.60 Å². The van der Waals surface area contributed by atoms with E-state index in [4.69, 9.17) is 10.5 Å². The van der Waals surface area contributed by atoms with Crippen LogP contribution in [0.15, 0.2) is 54.6 Å². The minimum Gasteiger partial charge on any atom is -0.490 e. The highest BCUT2D eigenvalue weighted by Crippen LogP contribution is 2.40. The number of nitrogens with one attached hydrogen (secondary N) is 1. The molecular weight excluding hydrogens is 502 g/mol. The third-order valence-electron chi connectivity index (χ3n) is 6.36. The normalized spacial score (nSPS) is 15.6. The first-order valence-corrected chi connectivity index (χ1v) is 12.1. The van der Waals surface area contributed by atoms with Crippen LogP contribution in [-0.4, -0.2) is 34.8 Å². The van der Waals surface area contributed by atoms with Crippen LogP contribution >= 0.6 is 0 Å². The van der Waals surface area contributed by atoms with Crippen molar-refractivity contribution in [2.75, 3.05) is 6.54 Å². The molecule has 10 heteroatoms. The Balaban J connectivity index is 1.67. The molecule has 1 heterocycles. The van der Waals surface area contributed by atoms with Crippen molar-refractivity contribution < 1.29 is 32.2 Å². The van der Waals surface area contributed by atoms with Crippen molar-refractivity contribution in [1.29, 1.82) is 0 Å². The molecule has 38 heavy (non-hydrogen) atoms. The highest BCUT2D eigenvalue weighted by atomic mass is 19.4. The van der Waals surface area contributed by atoms with E-state index in [1.807, 2.05) is 0 Å². The number of benzene rings is 2. The molecule has 0 unspecified atom stereocenters. The van der Waals surface area contributed by atoms with Crippen molar-refractivity contribution in [3.8, 4) is 17.0 Å². The van der Waals surface area contributed by atoms with Crippen LogP contribution in [0.4, 0.5) is 17.6 Å². The minimum atomic E-state index is -5.21. The maximum Gasteiger partial charge on any atom is 0.424 e. The van der Waals surface area contributed by atoms with Gasteiger partial charge in [-0.1, -0.05) is 0 Å². The maximum absolute atomic E-state index is 14.4. The van der Waals surface area contributed by atoms with Gasteiger partial charge in [0.1, 0.15) is 11.6 Å². The first-order valence-electron chi connectivity index (χ1n) is 12.1. The molecule has 1 aromatic heterocycles. The SMILES string of the molecule is Cc1cc(C(=O)NC[C@](O)(c2cc(C(C)(C)N)cc(-c3ccc(F)cc3)n2)C(F)(F)F)ccc1OC1CC1. The first-order chi connectivity index (χ1) is 17.7. The summed E-state index contributed by atoms with van der Waals surface area (Å²) in [6.45, 7) is 3.72. The van der Waals surface area contributed by atoms with Crippen LogP contribution in [0.5, 0.6) is 5.75 Å². The second-order valence-corrected chi connectivity index (χ2v) is 10.2. The van der Waals surface area contributed by atoms with Crippen molar-refractivity contribution >= 4 is 5.91 Å². The lowest BCUT2D eigenvalue weighted by molar-refractivity contribution is -0.265. The molecule has 2 aromatic carbocycles. The molecule has 1 aliphatic rings. The van der Waals surface area contributed by atoms with Gasteiger partial charge in [-0.15, -0.1) is 0 Å². The third kappa shape index (κ3) is 5.97. The fourth-order valence-electron chi connectivity index (χ4n) is 3.82. The second-order valence-electron chi connectivity index (χ2n) is 10.2. The first kappa shape index (κ1) is 27.5. The Morgan fingerprint density at radius 3 is 2.32 bits per heavy atom. The highest BCUT2D eigenvalue weighted by molar-refractivity contribution is 5.94. The number of carbonyl (C=O) groups is 1. The number of hydrogen-bond donors (Lipinski definition) is 3. The van der Waals surface area contributed by atoms with E-state index < -0.39 is 41.3 Å². The van der Waals surface area contributed by atoms with Crippen LogP contribution in [0.1, 0.15) is 53.9 Å². The molecule has 6 nitrogen and oxygen atoms in total. The lowest BCUT2D eigenvalue weighted by Crippen LogP contribution is -2.51. The van der Waals surface area contributed by atoms with Crippen LogP contribution in [0.2, 0.25) is 0 Å². The topological polar surface area (TPSA) is 97.5 Å². The molecular formula is C28H29F4N3O3. The van der Waals surface area contributed by atoms with Gasteiger partial charge in [-0.05, 0) is 99.3 Å². The van der Waals surface area contributed by atoms with E-state index >= 15 is 0 Å². The number of amides is 1. The van der Waals surface area contributed by atoms with Crippen LogP contribution in [0.3, 0.4) is 0 Å². The molecule has 1 amide bonds. The van der Waals surface area contributed by atoms with Crippen LogP contribution in [0.25, 0.3) is 11.3 Å². The largest absolute Gasteiger partial charge is 0.490 e. The summed E-state index contributed by atoms with van der Waals surface area (Å²) >= 11 is 0. The smallest absolute Gasteiger partial charge is 0.424 e. The molecule has 1 atom stereocenters. The molecule has 4 N–H and O–H groups in total. The number of pyridine rings is 1. The fourth-order valence-corrected chi connectivity index (χ4v) is 3.82. The number of halogens is 4. The zero-order chi connectivity index (χ0) is 27.9. The second kappa shape index (κ2) is 9.99. The Hall–Kier alpha value is -3.50. The monoisotopic (exact) mass is 531 g/mol. The van der Waals surface area contributed by atoms with E-state index in [9.17, 15) is 27.5 Å². The molecule has 1 aliphatic carbocycles. The predicted molar refractivity (Wildman–Crippen MR) is 134 cm³/mol. The van der Waals surface area contributed by atoms with Gasteiger partial charge in [0.25, 0.3) is 5.91 Å². The molecule has 1 fully saturated rings. The van der Waals surface area contributed by atoms with Crippen molar-refractivity contribution in [3.05, 3.63) is 82.8 Å². The van der Waals surface area contributed by atoms with E-state index in [0.717, 1.165) is 31.0 Å². The number of aliphatic hydroxyl groups is 1. The van der Waals surface area contributed by atoms with E-state index in [1.54, 1.807) is 26.8 Å². The zero-order valence-corrected chi connectivity index (χ0v) is 21.2. The summed E-state index contributed by atoms with van der Waals surface area (Å²) in [7, 11) is 0. The van der Waals surface area contributed by atoms with E-state index in [1.165, 1.54) is 30.3 Å². The number of carbonyl (C=O) groups excluding carboxylic acids is 1. The molecule has 4 rings (SSSR count). The quantitative estimate of drug-likeness (QED) is 0.351. The van der Waals surface area contributed by atoms with Gasteiger partial charge in [0.15, 0.2) is 0 Å². The standard InChI is InChI=1S/C28H29F4N3O3/c1-16-12-18(6-11-23(16)38-21-9-10-21)25(36)34-15-27(37,28(30,31)32)24-14-19(26(2,3)33)13-22(35-24)17-4-7-20(29)8-5-17/h4-8,11-14,21,37H,9-10,15,33H2,1-3H3,(H,34,36)/t27-/m0/s1. The van der Waals surface area contributed by atoms with E-state index in [2.05, 4.69) is 10.3 Å². The Bertz CT molecular complexity index is 1330. The van der Waals surface area contributed by atoms with Crippen molar-refractivity contribution in [2.45, 2.75) is 57.0 Å². The van der Waals surface area contributed by atoms with Crippen molar-refractivity contribution in [1.82, 2.24) is 10.3 Å². The average molecular weight is 532 g/mol. The number of nitrogens with two attached hydrogens (primary N) is 1. The Morgan fingerprint density at radius 1 is 1.11 bits per heavy atom. The molecule has 0 saturated heterocycles. The van der Waals surface area contributed by atoms with Gasteiger partial charge in [-0.3, -0.25) is 4.79 Å². The number of rotatable bonds is 8. The summed E-state index contributed by atoms with van der Waals surface area (Å²) in [5, 5.41) is 13.2. The number of ether oxygens (including phenoxy) is 1. The van der Waals surface area contributed by atoms with Gasteiger partial charge >= 0.3 is 6.18 Å². The summed E-state index contributed by atoms with van der Waals surface area (Å²) in [6.07, 6.45) is -3.15. The van der Waals surface area contributed by atoms with Crippen LogP contribution in [-0.2, 0) is 11.1 Å². The zero-order valence-electron chi connectivity index (χ0n) is 21.2. The van der Waals surface area contributed by atoms with Crippen molar-refractivity contribution in [3.63, 3.8) is 0 Å². The van der Waals surface area contributed by atoms with Gasteiger partial charge in [-0.25, -0.2) is 9.37 Å². The number of aromatic nitrogens is 1. The van der Waals surface area contributed by atoms with Gasteiger partial charge in [0.05, 0.1) is 24.0 Å². The lowest BCUT2D eigenvalue weighted by Gasteiger charge is -2.32. The molecule has 0 bridgehead atoms. The maximum atomic E-state index is 14.4. The third-order valence-corrected chi connectivity index (χ3v) is 6.36. The van der Waals surface area contributed by atoms with Crippen molar-refractivity contribution in [2.24, 2.45) is 5.73 Å². The molecule has 1 saturated carbocycles. The van der Waals surface area contributed by atoms with E-state index in [0.29, 0.717) is 16.9 Å². The summed E-state index contributed by atoms with van der Waals surface area (Å²) in [5.41, 5.74) is 2.24. The minimum absolute atomic E-state index is 0.0619. The summed E-state index contributed by atoms with van der Waals surface area (Å²) in [4.78, 5) is 16.9. The lowest BCUT2D eigenvalue weighted by atomic mass is 9.89. The number of alkyl halides is 3. The van der Waals surface area contributed by atoms with E-state index in [-0.39, 0.29) is 22.9 Å². The molecule has 3 aromatic rings. The molecule has 0 aliphatic heterocycles. The number of aryl methyl sites for hydroxylation is 1. The number of nitrogens with zero attached hydrogens (tertiary/aromatic N) is 1. The van der Waals surface area contributed by atoms with Gasteiger partial charge in [-0.2, -0.15) is 13.2 Å². The Labute approximate surface area is 217 Å². The summed E-state index contributed by atoms with van der Waals surface area (Å²) in [6, 6.07) is 12.1. The molecule has 202 valence electrons. The fraction of sp³-hybridized carbons (Fsp3) is 0.357. The highest BCUT2D eigenvalue weighted by Gasteiger charge is 2.56. The Morgan fingerprint density at radius 2 is 1.76 bits per heavy atom. The van der Waals surface area contributed by atoms with Gasteiger partial charge in [0, 0.05) is 16.7 Å². The Kier molecular flexibility index (Phi) is 7.24. The summed E-state index contributed by atoms with van der Waals surface area (Å²) < 4.78 is 62.3. The van der Waals surface area contributed by atoms with Crippen LogP contribution in [0, 0.1) is 12.7 Å². The molecule has 0 spiro atoms. The molecule has 0 radical (unpaired) electrons. The average Bonchev–Trinajstić information content (AvgIpc) is 3.66. The number of hydrogen-bond acceptors (Lipinski definition) is 5.